The largest absolute Gasteiger partial charge is 0.478 e. The van der Waals surface area contributed by atoms with E-state index in [1.165, 1.54) is 11.9 Å². The highest BCUT2D eigenvalue weighted by atomic mass is 16.6. The average Bonchev–Trinajstić information content (AvgIpc) is 2.73. The molecule has 150 valence electrons. The summed E-state index contributed by atoms with van der Waals surface area (Å²) in [6, 6.07) is 11.3. The van der Waals surface area contributed by atoms with Gasteiger partial charge in [-0.2, -0.15) is 0 Å². The second-order valence-corrected chi connectivity index (χ2v) is 6.73. The number of aromatic carboxylic acids is 1. The Morgan fingerprint density at radius 3 is 2.45 bits per heavy atom. The summed E-state index contributed by atoms with van der Waals surface area (Å²) in [6.45, 7) is 0.529. The number of nitrogens with zero attached hydrogens (tertiary/aromatic N) is 3. The molecule has 2 aromatic carbocycles. The lowest BCUT2D eigenvalue weighted by Crippen LogP contribution is -2.53. The number of hydrogen-bond acceptors (Lipinski definition) is 5. The Hall–Kier alpha value is -3.75. The van der Waals surface area contributed by atoms with Crippen molar-refractivity contribution in [2.45, 2.75) is 18.9 Å². The average molecular weight is 397 g/mol. The van der Waals surface area contributed by atoms with Crippen LogP contribution in [-0.2, 0) is 4.79 Å². The summed E-state index contributed by atoms with van der Waals surface area (Å²) < 4.78 is 0. The predicted octanol–water partition coefficient (Wildman–Crippen LogP) is 2.56. The van der Waals surface area contributed by atoms with Gasteiger partial charge in [-0.15, -0.1) is 0 Å². The molecule has 1 fully saturated rings. The molecule has 1 saturated heterocycles. The van der Waals surface area contributed by atoms with Crippen LogP contribution >= 0.6 is 0 Å². The molecule has 2 amide bonds. The van der Waals surface area contributed by atoms with E-state index in [-0.39, 0.29) is 17.0 Å². The third-order valence-corrected chi connectivity index (χ3v) is 4.89. The molecular formula is C20H19N3O6. The highest BCUT2D eigenvalue weighted by molar-refractivity contribution is 6.04. The maximum absolute atomic E-state index is 13.0. The van der Waals surface area contributed by atoms with Gasteiger partial charge in [0.1, 0.15) is 6.04 Å². The van der Waals surface area contributed by atoms with Crippen LogP contribution in [-0.4, -0.2) is 52.3 Å². The van der Waals surface area contributed by atoms with E-state index >= 15 is 0 Å². The fourth-order valence-electron chi connectivity index (χ4n) is 3.39. The molecular weight excluding hydrogens is 378 g/mol. The molecule has 29 heavy (non-hydrogen) atoms. The van der Waals surface area contributed by atoms with E-state index in [2.05, 4.69) is 0 Å². The summed E-state index contributed by atoms with van der Waals surface area (Å²) in [5.41, 5.74) is -0.283. The van der Waals surface area contributed by atoms with Crippen LogP contribution in [0.3, 0.4) is 0 Å². The minimum atomic E-state index is -1.38. The van der Waals surface area contributed by atoms with Gasteiger partial charge in [-0.25, -0.2) is 4.79 Å². The van der Waals surface area contributed by atoms with E-state index in [0.29, 0.717) is 19.4 Å². The van der Waals surface area contributed by atoms with E-state index < -0.39 is 28.5 Å². The first-order valence-electron chi connectivity index (χ1n) is 8.96. The van der Waals surface area contributed by atoms with Crippen molar-refractivity contribution in [2.24, 2.45) is 0 Å². The molecule has 1 aliphatic rings. The molecule has 2 aromatic rings. The number of amides is 2. The SMILES string of the molecule is CN(C(=O)c1cc(C(=O)O)cc([N+](=O)[O-])c1)C1CCCN(c2ccccc2)C1=O. The zero-order chi connectivity index (χ0) is 21.1. The van der Waals surface area contributed by atoms with Crippen molar-refractivity contribution in [1.29, 1.82) is 0 Å². The fourth-order valence-corrected chi connectivity index (χ4v) is 3.39. The number of rotatable bonds is 5. The van der Waals surface area contributed by atoms with Gasteiger partial charge in [0.05, 0.1) is 10.5 Å². The number of para-hydroxylation sites is 1. The molecule has 9 heteroatoms. The normalized spacial score (nSPS) is 16.4. The minimum Gasteiger partial charge on any atom is -0.478 e. The van der Waals surface area contributed by atoms with Crippen LogP contribution in [0.2, 0.25) is 0 Å². The van der Waals surface area contributed by atoms with Gasteiger partial charge in [0.25, 0.3) is 11.6 Å². The molecule has 0 spiro atoms. The van der Waals surface area contributed by atoms with Crippen molar-refractivity contribution < 1.29 is 24.4 Å². The molecule has 0 aromatic heterocycles. The van der Waals surface area contributed by atoms with Gasteiger partial charge >= 0.3 is 5.97 Å². The first-order chi connectivity index (χ1) is 13.8. The number of nitro groups is 1. The van der Waals surface area contributed by atoms with E-state index in [1.807, 2.05) is 30.3 Å². The Bertz CT molecular complexity index is 943. The topological polar surface area (TPSA) is 121 Å². The van der Waals surface area contributed by atoms with Crippen molar-refractivity contribution in [3.63, 3.8) is 0 Å². The number of non-ortho nitro benzene ring substituents is 1. The second kappa shape index (κ2) is 8.09. The lowest BCUT2D eigenvalue weighted by atomic mass is 10.0. The zero-order valence-electron chi connectivity index (χ0n) is 15.6. The Morgan fingerprint density at radius 2 is 1.83 bits per heavy atom. The van der Waals surface area contributed by atoms with Crippen LogP contribution in [0.4, 0.5) is 11.4 Å². The summed E-state index contributed by atoms with van der Waals surface area (Å²) in [4.78, 5) is 50.3. The van der Waals surface area contributed by atoms with Crippen molar-refractivity contribution in [1.82, 2.24) is 4.90 Å². The molecule has 0 saturated carbocycles. The number of nitro benzene ring substituents is 1. The molecule has 1 N–H and O–H groups in total. The number of carbonyl (C=O) groups excluding carboxylic acids is 2. The van der Waals surface area contributed by atoms with E-state index in [1.54, 1.807) is 4.90 Å². The zero-order valence-corrected chi connectivity index (χ0v) is 15.6. The lowest BCUT2D eigenvalue weighted by molar-refractivity contribution is -0.384. The third-order valence-electron chi connectivity index (χ3n) is 4.89. The first-order valence-corrected chi connectivity index (χ1v) is 8.96. The van der Waals surface area contributed by atoms with Crippen molar-refractivity contribution >= 4 is 29.2 Å². The number of carboxylic acids is 1. The highest BCUT2D eigenvalue weighted by Crippen LogP contribution is 2.25. The van der Waals surface area contributed by atoms with E-state index in [4.69, 9.17) is 0 Å². The molecule has 0 bridgehead atoms. The monoisotopic (exact) mass is 397 g/mol. The van der Waals surface area contributed by atoms with Crippen molar-refractivity contribution in [2.75, 3.05) is 18.5 Å². The van der Waals surface area contributed by atoms with Gasteiger partial charge in [0, 0.05) is 37.0 Å². The van der Waals surface area contributed by atoms with Gasteiger partial charge in [-0.3, -0.25) is 19.7 Å². The molecule has 1 unspecified atom stereocenters. The van der Waals surface area contributed by atoms with Crippen LogP contribution in [0.5, 0.6) is 0 Å². The molecule has 0 radical (unpaired) electrons. The van der Waals surface area contributed by atoms with Gasteiger partial charge in [-0.1, -0.05) is 18.2 Å². The summed E-state index contributed by atoms with van der Waals surface area (Å²) in [5.74, 6) is -2.28. The molecule has 9 nitrogen and oxygen atoms in total. The van der Waals surface area contributed by atoms with Crippen molar-refractivity contribution in [3.8, 4) is 0 Å². The van der Waals surface area contributed by atoms with E-state index in [0.717, 1.165) is 23.9 Å². The van der Waals surface area contributed by atoms with Gasteiger partial charge in [-0.05, 0) is 31.0 Å². The smallest absolute Gasteiger partial charge is 0.335 e. The summed E-state index contributed by atoms with van der Waals surface area (Å²) >= 11 is 0. The lowest BCUT2D eigenvalue weighted by Gasteiger charge is -2.36. The highest BCUT2D eigenvalue weighted by Gasteiger charge is 2.35. The number of hydrogen-bond donors (Lipinski definition) is 1. The van der Waals surface area contributed by atoms with Gasteiger partial charge in [0.15, 0.2) is 0 Å². The number of likely N-dealkylation sites (N-methyl/N-ethyl adjacent to an activating group) is 1. The van der Waals surface area contributed by atoms with Crippen molar-refractivity contribution in [3.05, 3.63) is 69.8 Å². The number of anilines is 1. The number of benzene rings is 2. The standard InChI is InChI=1S/C20H19N3O6/c1-21(17-8-5-9-22(19(17)25)15-6-3-2-4-7-15)18(24)13-10-14(20(26)27)12-16(11-13)23(28)29/h2-4,6-7,10-12,17H,5,8-9H2,1H3,(H,26,27). The Labute approximate surface area is 166 Å². The van der Waals surface area contributed by atoms with E-state index in [9.17, 15) is 29.6 Å². The van der Waals surface area contributed by atoms with Gasteiger partial charge < -0.3 is 14.9 Å². The molecule has 1 atom stereocenters. The number of carboxylic acid groups (broad SMARTS) is 1. The fraction of sp³-hybridized carbons (Fsp3) is 0.250. The Balaban J connectivity index is 1.89. The Kier molecular flexibility index (Phi) is 5.58. The van der Waals surface area contributed by atoms with Gasteiger partial charge in [0.2, 0.25) is 5.91 Å². The predicted molar refractivity (Wildman–Crippen MR) is 104 cm³/mol. The molecule has 3 rings (SSSR count). The maximum atomic E-state index is 13.0. The molecule has 1 aliphatic heterocycles. The number of piperidine rings is 1. The van der Waals surface area contributed by atoms with Crippen LogP contribution in [0.1, 0.15) is 33.6 Å². The van der Waals surface area contributed by atoms with Crippen LogP contribution in [0, 0.1) is 10.1 Å². The summed E-state index contributed by atoms with van der Waals surface area (Å²) in [7, 11) is 1.44. The Morgan fingerprint density at radius 1 is 1.17 bits per heavy atom. The molecule has 1 heterocycles. The number of carbonyl (C=O) groups is 3. The third kappa shape index (κ3) is 4.08. The summed E-state index contributed by atoms with van der Waals surface area (Å²) in [6.07, 6.45) is 1.13. The first kappa shape index (κ1) is 20.0. The van der Waals surface area contributed by atoms with Crippen LogP contribution < -0.4 is 4.90 Å². The quantitative estimate of drug-likeness (QED) is 0.611. The molecule has 0 aliphatic carbocycles. The van der Waals surface area contributed by atoms with Crippen LogP contribution in [0.25, 0.3) is 0 Å². The maximum Gasteiger partial charge on any atom is 0.335 e. The minimum absolute atomic E-state index is 0.149. The second-order valence-electron chi connectivity index (χ2n) is 6.73. The van der Waals surface area contributed by atoms with Crippen LogP contribution in [0.15, 0.2) is 48.5 Å². The summed E-state index contributed by atoms with van der Waals surface area (Å²) in [5, 5.41) is 20.3.